The predicted octanol–water partition coefficient (Wildman–Crippen LogP) is 3.80. The summed E-state index contributed by atoms with van der Waals surface area (Å²) < 4.78 is 8.54. The quantitative estimate of drug-likeness (QED) is 0.778. The van der Waals surface area contributed by atoms with Gasteiger partial charge < -0.3 is 9.30 Å². The minimum absolute atomic E-state index is 0.0289. The first kappa shape index (κ1) is 15.0. The maximum absolute atomic E-state index is 12.1. The van der Waals surface area contributed by atoms with Crippen molar-refractivity contribution >= 4 is 21.7 Å². The van der Waals surface area contributed by atoms with Crippen LogP contribution in [0.5, 0.6) is 0 Å². The predicted molar refractivity (Wildman–Crippen MR) is 83.0 cm³/mol. The van der Waals surface area contributed by atoms with Gasteiger partial charge in [0.1, 0.15) is 6.61 Å². The van der Waals surface area contributed by atoms with Crippen molar-refractivity contribution in [2.24, 2.45) is 7.05 Å². The molecule has 0 saturated carbocycles. The van der Waals surface area contributed by atoms with E-state index in [0.717, 1.165) is 27.0 Å². The Labute approximate surface area is 127 Å². The van der Waals surface area contributed by atoms with Crippen molar-refractivity contribution in [1.29, 1.82) is 0 Å². The number of carbonyl (C=O) groups is 1. The molecule has 3 nitrogen and oxygen atoms in total. The highest BCUT2D eigenvalue weighted by atomic mass is 79.9. The van der Waals surface area contributed by atoms with E-state index in [0.29, 0.717) is 6.61 Å². The number of ether oxygens (including phenoxy) is 1. The molecule has 1 aromatic heterocycles. The monoisotopic (exact) mass is 335 g/mol. The van der Waals surface area contributed by atoms with Crippen LogP contribution in [0.2, 0.25) is 0 Å². The van der Waals surface area contributed by atoms with Gasteiger partial charge in [-0.25, -0.2) is 0 Å². The second-order valence-electron chi connectivity index (χ2n) is 4.89. The Kier molecular flexibility index (Phi) is 4.78. The van der Waals surface area contributed by atoms with Crippen LogP contribution in [0.3, 0.4) is 0 Å². The minimum Gasteiger partial charge on any atom is -0.369 e. The summed E-state index contributed by atoms with van der Waals surface area (Å²) in [7, 11) is 1.96. The van der Waals surface area contributed by atoms with Crippen molar-refractivity contribution < 1.29 is 9.53 Å². The molecular weight excluding hydrogens is 318 g/mol. The Balaban J connectivity index is 1.94. The van der Waals surface area contributed by atoms with Crippen LogP contribution in [-0.4, -0.2) is 17.0 Å². The van der Waals surface area contributed by atoms with Crippen molar-refractivity contribution in [2.45, 2.75) is 20.5 Å². The van der Waals surface area contributed by atoms with Gasteiger partial charge in [-0.3, -0.25) is 4.79 Å². The lowest BCUT2D eigenvalue weighted by Crippen LogP contribution is -2.10. The Morgan fingerprint density at radius 1 is 1.30 bits per heavy atom. The summed E-state index contributed by atoms with van der Waals surface area (Å²) in [5, 5.41) is 0. The lowest BCUT2D eigenvalue weighted by atomic mass is 10.1. The van der Waals surface area contributed by atoms with Crippen LogP contribution in [0, 0.1) is 13.8 Å². The lowest BCUT2D eigenvalue weighted by Gasteiger charge is -2.05. The zero-order valence-corrected chi connectivity index (χ0v) is 13.5. The third kappa shape index (κ3) is 3.38. The second kappa shape index (κ2) is 6.37. The summed E-state index contributed by atoms with van der Waals surface area (Å²) in [6, 6.07) is 9.80. The number of hydrogen-bond acceptors (Lipinski definition) is 2. The number of hydrogen-bond donors (Lipinski definition) is 0. The van der Waals surface area contributed by atoms with Gasteiger partial charge in [-0.1, -0.05) is 28.1 Å². The molecule has 0 bridgehead atoms. The molecule has 0 fully saturated rings. The number of halogens is 1. The van der Waals surface area contributed by atoms with Gasteiger partial charge >= 0.3 is 0 Å². The van der Waals surface area contributed by atoms with E-state index in [9.17, 15) is 4.79 Å². The molecule has 1 aromatic carbocycles. The van der Waals surface area contributed by atoms with E-state index in [-0.39, 0.29) is 12.4 Å². The summed E-state index contributed by atoms with van der Waals surface area (Å²) in [5.41, 5.74) is 3.86. The molecule has 4 heteroatoms. The van der Waals surface area contributed by atoms with Gasteiger partial charge in [-0.2, -0.15) is 0 Å². The first-order valence-electron chi connectivity index (χ1n) is 6.47. The maximum atomic E-state index is 12.1. The van der Waals surface area contributed by atoms with Crippen molar-refractivity contribution in [3.8, 4) is 0 Å². The Bertz CT molecular complexity index is 631. The fraction of sp³-hybridized carbons (Fsp3) is 0.312. The first-order valence-corrected chi connectivity index (χ1v) is 7.26. The summed E-state index contributed by atoms with van der Waals surface area (Å²) in [6.45, 7) is 4.49. The number of rotatable bonds is 5. The van der Waals surface area contributed by atoms with E-state index in [2.05, 4.69) is 15.9 Å². The maximum Gasteiger partial charge on any atom is 0.190 e. The highest BCUT2D eigenvalue weighted by molar-refractivity contribution is 9.10. The topological polar surface area (TPSA) is 31.2 Å². The highest BCUT2D eigenvalue weighted by Crippen LogP contribution is 2.15. The molecule has 20 heavy (non-hydrogen) atoms. The molecule has 0 N–H and O–H groups in total. The van der Waals surface area contributed by atoms with Crippen LogP contribution >= 0.6 is 15.9 Å². The van der Waals surface area contributed by atoms with Crippen molar-refractivity contribution in [1.82, 2.24) is 4.57 Å². The van der Waals surface area contributed by atoms with Gasteiger partial charge in [0.15, 0.2) is 5.78 Å². The number of aromatic nitrogens is 1. The standard InChI is InChI=1S/C16H18BrNO2/c1-11-7-15(12(2)18(11)3)16(19)10-20-9-13-5-4-6-14(17)8-13/h4-8H,9-10H2,1-3H3. The number of carbonyl (C=O) groups excluding carboxylic acids is 1. The van der Waals surface area contributed by atoms with E-state index in [1.807, 2.05) is 55.8 Å². The van der Waals surface area contributed by atoms with Gasteiger partial charge in [-0.15, -0.1) is 0 Å². The SMILES string of the molecule is Cc1cc(C(=O)COCc2cccc(Br)c2)c(C)n1C. The fourth-order valence-electron chi connectivity index (χ4n) is 2.10. The molecule has 0 radical (unpaired) electrons. The van der Waals surface area contributed by atoms with Crippen LogP contribution in [0.4, 0.5) is 0 Å². The number of nitrogens with zero attached hydrogens (tertiary/aromatic N) is 1. The van der Waals surface area contributed by atoms with Crippen LogP contribution in [-0.2, 0) is 18.4 Å². The van der Waals surface area contributed by atoms with Crippen LogP contribution < -0.4 is 0 Å². The van der Waals surface area contributed by atoms with E-state index < -0.39 is 0 Å². The van der Waals surface area contributed by atoms with E-state index in [1.54, 1.807) is 0 Å². The Morgan fingerprint density at radius 2 is 2.05 bits per heavy atom. The van der Waals surface area contributed by atoms with Gasteiger partial charge in [0.2, 0.25) is 0 Å². The van der Waals surface area contributed by atoms with Gasteiger partial charge in [0.05, 0.1) is 6.61 Å². The number of benzene rings is 1. The second-order valence-corrected chi connectivity index (χ2v) is 5.81. The van der Waals surface area contributed by atoms with E-state index in [4.69, 9.17) is 4.74 Å². The molecule has 1 heterocycles. The number of ketones is 1. The molecule has 0 amide bonds. The summed E-state index contributed by atoms with van der Waals surface area (Å²) in [6.07, 6.45) is 0. The molecule has 0 spiro atoms. The van der Waals surface area contributed by atoms with E-state index in [1.165, 1.54) is 0 Å². The third-order valence-electron chi connectivity index (χ3n) is 3.47. The normalized spacial score (nSPS) is 10.8. The largest absolute Gasteiger partial charge is 0.369 e. The van der Waals surface area contributed by atoms with Gasteiger partial charge in [0, 0.05) is 28.5 Å². The summed E-state index contributed by atoms with van der Waals surface area (Å²) in [4.78, 5) is 12.1. The molecule has 0 aliphatic rings. The number of Topliss-reactive ketones (excluding diaryl/α,β-unsaturated/α-hetero) is 1. The van der Waals surface area contributed by atoms with Gasteiger partial charge in [-0.05, 0) is 37.6 Å². The molecule has 2 rings (SSSR count). The van der Waals surface area contributed by atoms with Gasteiger partial charge in [0.25, 0.3) is 0 Å². The number of aryl methyl sites for hydroxylation is 1. The minimum atomic E-state index is 0.0289. The van der Waals surface area contributed by atoms with Crippen LogP contribution in [0.1, 0.15) is 27.3 Å². The zero-order valence-electron chi connectivity index (χ0n) is 11.9. The molecule has 0 unspecified atom stereocenters. The molecule has 0 saturated heterocycles. The zero-order chi connectivity index (χ0) is 14.7. The lowest BCUT2D eigenvalue weighted by molar-refractivity contribution is 0.0726. The van der Waals surface area contributed by atoms with Crippen LogP contribution in [0.25, 0.3) is 0 Å². The average molecular weight is 336 g/mol. The molecule has 2 aromatic rings. The smallest absolute Gasteiger partial charge is 0.190 e. The molecular formula is C16H18BrNO2. The molecule has 0 aliphatic heterocycles. The molecule has 106 valence electrons. The van der Waals surface area contributed by atoms with Crippen molar-refractivity contribution in [2.75, 3.05) is 6.61 Å². The first-order chi connectivity index (χ1) is 9.49. The highest BCUT2D eigenvalue weighted by Gasteiger charge is 2.13. The fourth-order valence-corrected chi connectivity index (χ4v) is 2.55. The molecule has 0 atom stereocenters. The average Bonchev–Trinajstić information content (AvgIpc) is 2.66. The Hall–Kier alpha value is -1.39. The summed E-state index contributed by atoms with van der Waals surface area (Å²) in [5.74, 6) is 0.0289. The van der Waals surface area contributed by atoms with Crippen molar-refractivity contribution in [3.05, 3.63) is 57.3 Å². The third-order valence-corrected chi connectivity index (χ3v) is 3.96. The van der Waals surface area contributed by atoms with Crippen LogP contribution in [0.15, 0.2) is 34.8 Å². The summed E-state index contributed by atoms with van der Waals surface area (Å²) >= 11 is 3.41. The molecule has 0 aliphatic carbocycles. The van der Waals surface area contributed by atoms with Crippen molar-refractivity contribution in [3.63, 3.8) is 0 Å². The Morgan fingerprint density at radius 3 is 2.65 bits per heavy atom. The van der Waals surface area contributed by atoms with E-state index >= 15 is 0 Å².